The number of piperidine rings is 2. The zero-order valence-electron chi connectivity index (χ0n) is 18.3. The third kappa shape index (κ3) is 5.72. The number of likely N-dealkylation sites (tertiary alicyclic amines) is 2. The van der Waals surface area contributed by atoms with Gasteiger partial charge in [-0.15, -0.1) is 0 Å². The molecule has 3 aliphatic rings. The first-order valence-corrected chi connectivity index (χ1v) is 11.7. The fraction of sp³-hybridized carbons (Fsp3) is 0.750. The highest BCUT2D eigenvalue weighted by Crippen LogP contribution is 2.24. The molecule has 0 radical (unpaired) electrons. The molecule has 1 aromatic carbocycles. The van der Waals surface area contributed by atoms with Gasteiger partial charge in [-0.05, 0) is 63.7 Å². The molecule has 0 aliphatic carbocycles. The van der Waals surface area contributed by atoms with Gasteiger partial charge in [-0.1, -0.05) is 25.1 Å². The summed E-state index contributed by atoms with van der Waals surface area (Å²) in [6.45, 7) is 10.3. The molecule has 3 heterocycles. The Labute approximate surface area is 176 Å². The summed E-state index contributed by atoms with van der Waals surface area (Å²) in [6.07, 6.45) is 6.75. The number of benzene rings is 1. The number of ether oxygens (including phenoxy) is 2. The number of para-hydroxylation sites is 1. The Balaban J connectivity index is 1.19. The van der Waals surface area contributed by atoms with Crippen molar-refractivity contribution in [3.63, 3.8) is 0 Å². The normalized spacial score (nSPS) is 29.9. The molecule has 3 saturated heterocycles. The van der Waals surface area contributed by atoms with Crippen molar-refractivity contribution in [2.24, 2.45) is 5.92 Å². The second-order valence-corrected chi connectivity index (χ2v) is 9.30. The lowest BCUT2D eigenvalue weighted by atomic mass is 9.91. The standard InChI is InChI=1S/C24H39N3O2/c1-19-16-27(18-22-7-5-15-29-22)14-11-23(19)25-21-9-12-26(13-10-21)17-20-6-3-4-8-24(20)28-2/h3-4,6,8,19,21-23,25H,5,7,9-18H2,1-2H3/t19-,22+,23+/m0/s1. The van der Waals surface area contributed by atoms with E-state index in [1.165, 1.54) is 63.8 Å². The lowest BCUT2D eigenvalue weighted by molar-refractivity contribution is 0.0484. The Morgan fingerprint density at radius 2 is 1.86 bits per heavy atom. The highest BCUT2D eigenvalue weighted by Gasteiger charge is 2.30. The monoisotopic (exact) mass is 401 g/mol. The molecule has 0 amide bonds. The predicted octanol–water partition coefficient (Wildman–Crippen LogP) is 3.14. The second-order valence-electron chi connectivity index (χ2n) is 9.30. The molecule has 1 N–H and O–H groups in total. The zero-order chi connectivity index (χ0) is 20.1. The largest absolute Gasteiger partial charge is 0.496 e. The van der Waals surface area contributed by atoms with Crippen LogP contribution in [0.1, 0.15) is 44.6 Å². The van der Waals surface area contributed by atoms with Crippen LogP contribution < -0.4 is 10.1 Å². The van der Waals surface area contributed by atoms with E-state index in [0.29, 0.717) is 18.2 Å². The molecule has 5 nitrogen and oxygen atoms in total. The van der Waals surface area contributed by atoms with Crippen molar-refractivity contribution < 1.29 is 9.47 Å². The van der Waals surface area contributed by atoms with E-state index >= 15 is 0 Å². The van der Waals surface area contributed by atoms with Crippen LogP contribution in [0.25, 0.3) is 0 Å². The van der Waals surface area contributed by atoms with E-state index in [-0.39, 0.29) is 0 Å². The Morgan fingerprint density at radius 1 is 1.07 bits per heavy atom. The molecular formula is C24H39N3O2. The number of hydrogen-bond donors (Lipinski definition) is 1. The Kier molecular flexibility index (Phi) is 7.46. The quantitative estimate of drug-likeness (QED) is 0.760. The summed E-state index contributed by atoms with van der Waals surface area (Å²) in [5.74, 6) is 1.73. The van der Waals surface area contributed by atoms with Gasteiger partial charge in [-0.2, -0.15) is 0 Å². The van der Waals surface area contributed by atoms with E-state index < -0.39 is 0 Å². The van der Waals surface area contributed by atoms with Gasteiger partial charge < -0.3 is 19.7 Å². The van der Waals surface area contributed by atoms with Gasteiger partial charge in [0.2, 0.25) is 0 Å². The van der Waals surface area contributed by atoms with E-state index in [1.54, 1.807) is 7.11 Å². The van der Waals surface area contributed by atoms with E-state index in [1.807, 2.05) is 6.07 Å². The molecular weight excluding hydrogens is 362 g/mol. The Bertz CT molecular complexity index is 626. The summed E-state index contributed by atoms with van der Waals surface area (Å²) in [7, 11) is 1.77. The number of hydrogen-bond acceptors (Lipinski definition) is 5. The molecule has 3 fully saturated rings. The fourth-order valence-corrected chi connectivity index (χ4v) is 5.36. The van der Waals surface area contributed by atoms with Crippen molar-refractivity contribution in [3.8, 4) is 5.75 Å². The van der Waals surface area contributed by atoms with Gasteiger partial charge in [-0.3, -0.25) is 4.90 Å². The van der Waals surface area contributed by atoms with Gasteiger partial charge in [0.15, 0.2) is 0 Å². The van der Waals surface area contributed by atoms with Crippen molar-refractivity contribution in [2.75, 3.05) is 46.4 Å². The minimum absolute atomic E-state index is 0.485. The first-order chi connectivity index (χ1) is 14.2. The molecule has 0 saturated carbocycles. The van der Waals surface area contributed by atoms with Crippen molar-refractivity contribution >= 4 is 0 Å². The third-order valence-electron chi connectivity index (χ3n) is 7.10. The average molecular weight is 402 g/mol. The highest BCUT2D eigenvalue weighted by atomic mass is 16.5. The SMILES string of the molecule is COc1ccccc1CN1CCC(N[C@@H]2CCN(C[C@H]3CCCO3)C[C@@H]2C)CC1. The second kappa shape index (κ2) is 10.3. The van der Waals surface area contributed by atoms with Crippen molar-refractivity contribution in [2.45, 2.75) is 63.8 Å². The molecule has 29 heavy (non-hydrogen) atoms. The van der Waals surface area contributed by atoms with Crippen LogP contribution in [-0.2, 0) is 11.3 Å². The summed E-state index contributed by atoms with van der Waals surface area (Å²) < 4.78 is 11.4. The predicted molar refractivity (Wildman–Crippen MR) is 117 cm³/mol. The first kappa shape index (κ1) is 21.1. The molecule has 4 rings (SSSR count). The lowest BCUT2D eigenvalue weighted by Gasteiger charge is -2.41. The van der Waals surface area contributed by atoms with Crippen LogP contribution in [0.2, 0.25) is 0 Å². The summed E-state index contributed by atoms with van der Waals surface area (Å²) in [6, 6.07) is 9.75. The van der Waals surface area contributed by atoms with E-state index in [0.717, 1.165) is 31.4 Å². The van der Waals surface area contributed by atoms with Crippen LogP contribution >= 0.6 is 0 Å². The maximum Gasteiger partial charge on any atom is 0.123 e. The molecule has 0 aromatic heterocycles. The van der Waals surface area contributed by atoms with Gasteiger partial charge in [0.05, 0.1) is 13.2 Å². The van der Waals surface area contributed by atoms with Crippen molar-refractivity contribution in [1.29, 1.82) is 0 Å². The number of nitrogens with zero attached hydrogens (tertiary/aromatic N) is 2. The molecule has 5 heteroatoms. The van der Waals surface area contributed by atoms with Crippen LogP contribution in [0, 0.1) is 5.92 Å². The van der Waals surface area contributed by atoms with Crippen LogP contribution in [0.3, 0.4) is 0 Å². The summed E-state index contributed by atoms with van der Waals surface area (Å²) in [4.78, 5) is 5.21. The van der Waals surface area contributed by atoms with Crippen LogP contribution in [0.5, 0.6) is 5.75 Å². The Hall–Kier alpha value is -1.14. The summed E-state index contributed by atoms with van der Waals surface area (Å²) in [5, 5.41) is 4.02. The maximum atomic E-state index is 5.84. The fourth-order valence-electron chi connectivity index (χ4n) is 5.36. The minimum atomic E-state index is 0.485. The number of methoxy groups -OCH3 is 1. The van der Waals surface area contributed by atoms with Crippen LogP contribution in [0.15, 0.2) is 24.3 Å². The minimum Gasteiger partial charge on any atom is -0.496 e. The molecule has 3 aliphatic heterocycles. The van der Waals surface area contributed by atoms with Gasteiger partial charge in [0, 0.05) is 43.9 Å². The maximum absolute atomic E-state index is 5.84. The molecule has 1 aromatic rings. The van der Waals surface area contributed by atoms with E-state index in [9.17, 15) is 0 Å². The van der Waals surface area contributed by atoms with Crippen LogP contribution in [0.4, 0.5) is 0 Å². The summed E-state index contributed by atoms with van der Waals surface area (Å²) in [5.41, 5.74) is 1.30. The van der Waals surface area contributed by atoms with Gasteiger partial charge in [-0.25, -0.2) is 0 Å². The first-order valence-electron chi connectivity index (χ1n) is 11.7. The van der Waals surface area contributed by atoms with E-state index in [2.05, 4.69) is 40.2 Å². The number of rotatable bonds is 7. The molecule has 0 bridgehead atoms. The molecule has 3 atom stereocenters. The summed E-state index contributed by atoms with van der Waals surface area (Å²) >= 11 is 0. The highest BCUT2D eigenvalue weighted by molar-refractivity contribution is 5.33. The van der Waals surface area contributed by atoms with Crippen molar-refractivity contribution in [1.82, 2.24) is 15.1 Å². The molecule has 162 valence electrons. The van der Waals surface area contributed by atoms with Crippen molar-refractivity contribution in [3.05, 3.63) is 29.8 Å². The van der Waals surface area contributed by atoms with Crippen LogP contribution in [-0.4, -0.2) is 74.4 Å². The average Bonchev–Trinajstić information content (AvgIpc) is 3.25. The molecule has 0 spiro atoms. The zero-order valence-corrected chi connectivity index (χ0v) is 18.3. The Morgan fingerprint density at radius 3 is 2.59 bits per heavy atom. The topological polar surface area (TPSA) is 37.0 Å². The molecule has 0 unspecified atom stereocenters. The lowest BCUT2D eigenvalue weighted by Crippen LogP contribution is -2.54. The smallest absolute Gasteiger partial charge is 0.123 e. The number of nitrogens with one attached hydrogen (secondary N) is 1. The third-order valence-corrected chi connectivity index (χ3v) is 7.10. The van der Waals surface area contributed by atoms with Gasteiger partial charge >= 0.3 is 0 Å². The van der Waals surface area contributed by atoms with Gasteiger partial charge in [0.1, 0.15) is 5.75 Å². The van der Waals surface area contributed by atoms with Gasteiger partial charge in [0.25, 0.3) is 0 Å². The van der Waals surface area contributed by atoms with E-state index in [4.69, 9.17) is 9.47 Å².